The first-order valence-corrected chi connectivity index (χ1v) is 9.34. The van der Waals surface area contributed by atoms with E-state index in [1.165, 1.54) is 17.7 Å². The molecule has 136 valence electrons. The molecule has 1 amide bonds. The van der Waals surface area contributed by atoms with E-state index in [9.17, 15) is 18.0 Å². The zero-order chi connectivity index (χ0) is 18.7. The highest BCUT2D eigenvalue weighted by molar-refractivity contribution is 8.00. The number of benzene rings is 1. The van der Waals surface area contributed by atoms with E-state index >= 15 is 0 Å². The van der Waals surface area contributed by atoms with Crippen molar-refractivity contribution in [3.63, 3.8) is 0 Å². The number of thioether (sulfide) groups is 1. The molecule has 0 saturated heterocycles. The van der Waals surface area contributed by atoms with Crippen LogP contribution in [0.4, 0.5) is 13.2 Å². The monoisotopic (exact) mass is 397 g/mol. The van der Waals surface area contributed by atoms with E-state index in [0.29, 0.717) is 5.03 Å². The Bertz CT molecular complexity index is 913. The van der Waals surface area contributed by atoms with E-state index in [1.807, 2.05) is 41.7 Å². The fourth-order valence-corrected chi connectivity index (χ4v) is 4.21. The second-order valence-electron chi connectivity index (χ2n) is 5.47. The molecule has 9 heteroatoms. The first-order valence-electron chi connectivity index (χ1n) is 7.64. The third-order valence-electron chi connectivity index (χ3n) is 3.47. The van der Waals surface area contributed by atoms with E-state index in [0.717, 1.165) is 32.4 Å². The number of rotatable bonds is 5. The number of hydrogen-bond acceptors (Lipinski definition) is 5. The van der Waals surface area contributed by atoms with Gasteiger partial charge in [-0.25, -0.2) is 9.97 Å². The van der Waals surface area contributed by atoms with Crippen molar-refractivity contribution in [2.75, 3.05) is 6.54 Å². The lowest BCUT2D eigenvalue weighted by molar-refractivity contribution is -0.137. The second kappa shape index (κ2) is 7.63. The second-order valence-corrected chi connectivity index (χ2v) is 7.83. The largest absolute Gasteiger partial charge is 0.405 e. The predicted octanol–water partition coefficient (Wildman–Crippen LogP) is 4.52. The number of nitrogens with one attached hydrogen (secondary N) is 1. The van der Waals surface area contributed by atoms with Crippen LogP contribution in [0.15, 0.2) is 47.8 Å². The van der Waals surface area contributed by atoms with Gasteiger partial charge in [0, 0.05) is 10.3 Å². The summed E-state index contributed by atoms with van der Waals surface area (Å²) in [4.78, 5) is 22.1. The van der Waals surface area contributed by atoms with Gasteiger partial charge in [0.05, 0.1) is 5.25 Å². The van der Waals surface area contributed by atoms with E-state index in [4.69, 9.17) is 0 Å². The van der Waals surface area contributed by atoms with Gasteiger partial charge in [-0.1, -0.05) is 42.1 Å². The van der Waals surface area contributed by atoms with E-state index in [2.05, 4.69) is 9.97 Å². The molecule has 3 rings (SSSR count). The van der Waals surface area contributed by atoms with Crippen molar-refractivity contribution in [1.29, 1.82) is 0 Å². The molecule has 1 atom stereocenters. The average molecular weight is 397 g/mol. The molecule has 1 aromatic carbocycles. The van der Waals surface area contributed by atoms with Crippen molar-refractivity contribution in [2.45, 2.75) is 23.4 Å². The Morgan fingerprint density at radius 3 is 2.69 bits per heavy atom. The topological polar surface area (TPSA) is 54.9 Å². The molecule has 0 spiro atoms. The Kier molecular flexibility index (Phi) is 5.47. The molecule has 0 aliphatic rings. The van der Waals surface area contributed by atoms with Gasteiger partial charge < -0.3 is 5.32 Å². The lowest BCUT2D eigenvalue weighted by Gasteiger charge is -2.13. The Labute approximate surface area is 155 Å². The van der Waals surface area contributed by atoms with Gasteiger partial charge in [0.25, 0.3) is 0 Å². The molecule has 2 aromatic heterocycles. The number of halogens is 3. The Morgan fingerprint density at radius 2 is 2.00 bits per heavy atom. The normalized spacial score (nSPS) is 12.9. The molecular weight excluding hydrogens is 383 g/mol. The van der Waals surface area contributed by atoms with Gasteiger partial charge in [0.15, 0.2) is 0 Å². The number of thiophene rings is 1. The number of carbonyl (C=O) groups is 1. The van der Waals surface area contributed by atoms with Crippen molar-refractivity contribution in [3.05, 3.63) is 42.7 Å². The van der Waals surface area contributed by atoms with Gasteiger partial charge in [-0.3, -0.25) is 4.79 Å². The molecule has 2 heterocycles. The zero-order valence-corrected chi connectivity index (χ0v) is 15.2. The highest BCUT2D eigenvalue weighted by atomic mass is 32.2. The van der Waals surface area contributed by atoms with Crippen LogP contribution in [-0.2, 0) is 4.79 Å². The number of alkyl halides is 3. The summed E-state index contributed by atoms with van der Waals surface area (Å²) in [5, 5.41) is 2.54. The Hall–Kier alpha value is -2.13. The van der Waals surface area contributed by atoms with Crippen molar-refractivity contribution in [3.8, 4) is 10.4 Å². The highest BCUT2D eigenvalue weighted by Gasteiger charge is 2.29. The van der Waals surface area contributed by atoms with Gasteiger partial charge >= 0.3 is 6.18 Å². The van der Waals surface area contributed by atoms with Gasteiger partial charge in [-0.15, -0.1) is 11.3 Å². The lowest BCUT2D eigenvalue weighted by Crippen LogP contribution is -2.38. The Balaban J connectivity index is 1.80. The fraction of sp³-hybridized carbons (Fsp3) is 0.235. The summed E-state index contributed by atoms with van der Waals surface area (Å²) in [6.45, 7) is 0.210. The molecular formula is C17H14F3N3OS2. The van der Waals surface area contributed by atoms with Crippen LogP contribution >= 0.6 is 23.1 Å². The van der Waals surface area contributed by atoms with Crippen molar-refractivity contribution in [1.82, 2.24) is 15.3 Å². The maximum absolute atomic E-state index is 12.2. The number of aromatic nitrogens is 2. The number of nitrogens with zero attached hydrogens (tertiary/aromatic N) is 2. The summed E-state index contributed by atoms with van der Waals surface area (Å²) in [7, 11) is 0. The van der Waals surface area contributed by atoms with Crippen LogP contribution in [0, 0.1) is 0 Å². The summed E-state index contributed by atoms with van der Waals surface area (Å²) < 4.78 is 36.7. The lowest BCUT2D eigenvalue weighted by atomic mass is 10.2. The first-order chi connectivity index (χ1) is 12.3. The summed E-state index contributed by atoms with van der Waals surface area (Å²) in [6, 6.07) is 11.7. The van der Waals surface area contributed by atoms with Crippen LogP contribution in [0.5, 0.6) is 0 Å². The van der Waals surface area contributed by atoms with E-state index in [1.54, 1.807) is 6.92 Å². The molecule has 0 fully saturated rings. The van der Waals surface area contributed by atoms with Crippen LogP contribution in [0.25, 0.3) is 20.7 Å². The molecule has 1 N–H and O–H groups in total. The van der Waals surface area contributed by atoms with Gasteiger partial charge in [-0.2, -0.15) is 13.2 Å². The highest BCUT2D eigenvalue weighted by Crippen LogP contribution is 2.37. The number of hydrogen-bond donors (Lipinski definition) is 1. The zero-order valence-electron chi connectivity index (χ0n) is 13.6. The first kappa shape index (κ1) is 18.7. The smallest absolute Gasteiger partial charge is 0.346 e. The molecule has 0 aliphatic heterocycles. The van der Waals surface area contributed by atoms with Crippen molar-refractivity contribution < 1.29 is 18.0 Å². The van der Waals surface area contributed by atoms with Gasteiger partial charge in [-0.05, 0) is 18.6 Å². The van der Waals surface area contributed by atoms with E-state index in [-0.39, 0.29) is 0 Å². The van der Waals surface area contributed by atoms with Gasteiger partial charge in [0.1, 0.15) is 22.7 Å². The molecule has 1 unspecified atom stereocenters. The molecule has 0 saturated carbocycles. The van der Waals surface area contributed by atoms with Crippen LogP contribution in [-0.4, -0.2) is 33.8 Å². The maximum Gasteiger partial charge on any atom is 0.405 e. The molecule has 0 bridgehead atoms. The summed E-state index contributed by atoms with van der Waals surface area (Å²) >= 11 is 2.62. The minimum atomic E-state index is -4.43. The van der Waals surface area contributed by atoms with Crippen LogP contribution in [0.1, 0.15) is 6.92 Å². The van der Waals surface area contributed by atoms with Crippen LogP contribution < -0.4 is 5.32 Å². The van der Waals surface area contributed by atoms with Crippen LogP contribution in [0.3, 0.4) is 0 Å². The molecule has 0 aliphatic carbocycles. The summed E-state index contributed by atoms with van der Waals surface area (Å²) in [5.74, 6) is -0.683. The SMILES string of the molecule is CC(Sc1ncnc2sc(-c3ccccc3)cc12)C(=O)NCC(F)(F)F. The average Bonchev–Trinajstić information content (AvgIpc) is 3.05. The third-order valence-corrected chi connectivity index (χ3v) is 5.68. The van der Waals surface area contributed by atoms with Gasteiger partial charge in [0.2, 0.25) is 5.91 Å². The minimum absolute atomic E-state index is 0.572. The minimum Gasteiger partial charge on any atom is -0.346 e. The maximum atomic E-state index is 12.2. The van der Waals surface area contributed by atoms with Crippen molar-refractivity contribution in [2.24, 2.45) is 0 Å². The molecule has 0 radical (unpaired) electrons. The number of carbonyl (C=O) groups excluding carboxylic acids is 1. The van der Waals surface area contributed by atoms with Crippen molar-refractivity contribution >= 4 is 39.2 Å². The predicted molar refractivity (Wildman–Crippen MR) is 97.2 cm³/mol. The molecule has 3 aromatic rings. The fourth-order valence-electron chi connectivity index (χ4n) is 2.22. The standard InChI is InChI=1S/C17H14F3N3OS2/c1-10(14(24)21-8-17(18,19)20)25-15-12-7-13(11-5-3-2-4-6-11)26-16(12)23-9-22-15/h2-7,9-10H,8H2,1H3,(H,21,24). The summed E-state index contributed by atoms with van der Waals surface area (Å²) in [6.07, 6.45) is -3.03. The third kappa shape index (κ3) is 4.53. The molecule has 26 heavy (non-hydrogen) atoms. The summed E-state index contributed by atoms with van der Waals surface area (Å²) in [5.41, 5.74) is 1.04. The Morgan fingerprint density at radius 1 is 1.27 bits per heavy atom. The van der Waals surface area contributed by atoms with Crippen LogP contribution in [0.2, 0.25) is 0 Å². The van der Waals surface area contributed by atoms with E-state index < -0.39 is 23.9 Å². The molecule has 4 nitrogen and oxygen atoms in total. The number of fused-ring (bicyclic) bond motifs is 1. The number of amides is 1. The quantitative estimate of drug-likeness (QED) is 0.508.